The Bertz CT molecular complexity index is 1100. The number of hydrogen-bond donors (Lipinski definition) is 1. The Morgan fingerprint density at radius 3 is 1.63 bits per heavy atom. The van der Waals surface area contributed by atoms with E-state index in [1.54, 1.807) is 48.5 Å². The van der Waals surface area contributed by atoms with E-state index in [0.29, 0.717) is 11.5 Å². The molecule has 0 fully saturated rings. The molecule has 0 radical (unpaired) electrons. The summed E-state index contributed by atoms with van der Waals surface area (Å²) < 4.78 is 63.9. The van der Waals surface area contributed by atoms with Gasteiger partial charge >= 0.3 is 32.5 Å². The van der Waals surface area contributed by atoms with Crippen LogP contribution in [0.25, 0.3) is 4.72 Å². The number of nitrogens with zero attached hydrogens (tertiary/aromatic N) is 1. The number of rotatable bonds is 6. The molecule has 0 heterocycles. The van der Waals surface area contributed by atoms with Crippen LogP contribution in [0, 0.1) is 6.92 Å². The molecule has 0 bridgehead atoms. The molecule has 0 aliphatic rings. The van der Waals surface area contributed by atoms with Gasteiger partial charge in [0.05, 0.1) is 0 Å². The quantitative estimate of drug-likeness (QED) is 0.293. The molecule has 3 aromatic rings. The molecular weight excluding hydrogens is 586 g/mol. The Kier molecular flexibility index (Phi) is 13.1. The molecule has 2 atom stereocenters. The van der Waals surface area contributed by atoms with Gasteiger partial charge in [-0.2, -0.15) is 13.2 Å². The van der Waals surface area contributed by atoms with E-state index in [0.717, 1.165) is 0 Å². The second-order valence-electron chi connectivity index (χ2n) is 7.88. The molecule has 192 valence electrons. The maximum atomic E-state index is 12.7. The zero-order valence-electron chi connectivity index (χ0n) is 19.4. The van der Waals surface area contributed by atoms with E-state index in [9.17, 15) is 21.6 Å². The van der Waals surface area contributed by atoms with E-state index in [-0.39, 0.29) is 5.56 Å². The van der Waals surface area contributed by atoms with Gasteiger partial charge < -0.3 is 10.5 Å². The van der Waals surface area contributed by atoms with Gasteiger partial charge in [-0.1, -0.05) is 116 Å². The molecule has 10 heteroatoms. The van der Waals surface area contributed by atoms with Gasteiger partial charge in [0.15, 0.2) is 10.0 Å². The Labute approximate surface area is 219 Å². The summed E-state index contributed by atoms with van der Waals surface area (Å²) in [5.41, 5.74) is 4.07. The fourth-order valence-electron chi connectivity index (χ4n) is 3.00. The molecule has 35 heavy (non-hydrogen) atoms. The van der Waals surface area contributed by atoms with Crippen molar-refractivity contribution in [3.8, 4) is 0 Å². The van der Waals surface area contributed by atoms with Gasteiger partial charge in [0.2, 0.25) is 0 Å². The average molecular weight is 614 g/mol. The van der Waals surface area contributed by atoms with Crippen LogP contribution in [0.4, 0.5) is 13.2 Å². The number of nitrogens with two attached hydrogens (primary N) is 1. The minimum atomic E-state index is -5.65. The third-order valence-electron chi connectivity index (χ3n) is 4.95. The monoisotopic (exact) mass is 614 g/mol. The van der Waals surface area contributed by atoms with E-state index in [4.69, 9.17) is 5.73 Å². The van der Waals surface area contributed by atoms with Gasteiger partial charge in [0.1, 0.15) is 0 Å². The van der Waals surface area contributed by atoms with Crippen molar-refractivity contribution in [2.75, 3.05) is 0 Å². The molecule has 0 spiro atoms. The molecule has 0 unspecified atom stereocenters. The SMILES string of the molecule is Cc1ccc(C(C)C)cc1.N[C@@H](c1ccccc1)[C@@H]([N-]S(=O)(=O)C(F)(F)F)c1ccccc1.[Cl][Ru+]. The zero-order chi connectivity index (χ0) is 26.6. The Morgan fingerprint density at radius 2 is 1.23 bits per heavy atom. The normalized spacial score (nSPS) is 13.1. The summed E-state index contributed by atoms with van der Waals surface area (Å²) in [4.78, 5) is 0. The summed E-state index contributed by atoms with van der Waals surface area (Å²) in [6.07, 6.45) is 0. The predicted octanol–water partition coefficient (Wildman–Crippen LogP) is 7.46. The van der Waals surface area contributed by atoms with Crippen molar-refractivity contribution in [3.63, 3.8) is 0 Å². The zero-order valence-corrected chi connectivity index (χ0v) is 22.7. The van der Waals surface area contributed by atoms with Crippen LogP contribution in [-0.2, 0) is 27.3 Å². The van der Waals surface area contributed by atoms with Crippen LogP contribution in [-0.4, -0.2) is 13.9 Å². The summed E-state index contributed by atoms with van der Waals surface area (Å²) in [5, 5.41) is 0. The minimum absolute atomic E-state index is 0.289. The molecule has 0 aromatic heterocycles. The van der Waals surface area contributed by atoms with Crippen LogP contribution in [0.2, 0.25) is 0 Å². The van der Waals surface area contributed by atoms with E-state index in [1.165, 1.54) is 23.3 Å². The maximum absolute atomic E-state index is 12.7. The summed E-state index contributed by atoms with van der Waals surface area (Å²) in [6.45, 7) is 6.54. The first kappa shape index (κ1) is 31.3. The van der Waals surface area contributed by atoms with Gasteiger partial charge in [-0.15, -0.1) is 0 Å². The summed E-state index contributed by atoms with van der Waals surface area (Å²) in [5.74, 6) is 0.653. The van der Waals surface area contributed by atoms with Crippen LogP contribution >= 0.6 is 9.69 Å². The number of alkyl halides is 3. The standard InChI is InChI=1S/C15H14F3N2O2S.C10H14.ClH.Ru/c16-15(17,18)23(21,22)20-14(12-9-5-2-6-10-12)13(19)11-7-3-1-4-8-11;1-8(2)10-6-4-9(3)5-7-10;;/h1-10,13-14H,19H2;4-8H,1-3H3;1H;/q-1;;;+2/p-1/t13-,14-;;;/m0.../s1. The van der Waals surface area contributed by atoms with Crippen molar-refractivity contribution >= 4 is 19.7 Å². The first-order valence-electron chi connectivity index (χ1n) is 10.5. The molecule has 3 rings (SSSR count). The van der Waals surface area contributed by atoms with Crippen LogP contribution in [0.1, 0.15) is 54.1 Å². The summed E-state index contributed by atoms with van der Waals surface area (Å²) >= 11 is 1.82. The summed E-state index contributed by atoms with van der Waals surface area (Å²) in [7, 11) is -1.08. The number of benzene rings is 3. The number of hydrogen-bond acceptors (Lipinski definition) is 3. The first-order chi connectivity index (χ1) is 16.4. The van der Waals surface area contributed by atoms with E-state index in [2.05, 4.69) is 59.4 Å². The average Bonchev–Trinajstić information content (AvgIpc) is 2.84. The predicted molar refractivity (Wildman–Crippen MR) is 132 cm³/mol. The molecule has 0 aliphatic heterocycles. The molecule has 4 nitrogen and oxygen atoms in total. The van der Waals surface area contributed by atoms with Gasteiger partial charge in [0.25, 0.3) is 0 Å². The molecular formula is C25H28ClF3N2O2RuS. The Balaban J connectivity index is 0.000000425. The fourth-order valence-corrected chi connectivity index (χ4v) is 3.67. The summed E-state index contributed by atoms with van der Waals surface area (Å²) in [6, 6.07) is 22.4. The van der Waals surface area contributed by atoms with Crippen LogP contribution in [0.3, 0.4) is 0 Å². The molecule has 3 aromatic carbocycles. The van der Waals surface area contributed by atoms with Gasteiger partial charge in [-0.25, -0.2) is 8.42 Å². The van der Waals surface area contributed by atoms with Crippen LogP contribution < -0.4 is 5.73 Å². The number of sulfonamides is 1. The van der Waals surface area contributed by atoms with Gasteiger partial charge in [-0.3, -0.25) is 0 Å². The van der Waals surface area contributed by atoms with Crippen molar-refractivity contribution < 1.29 is 38.9 Å². The molecule has 0 aliphatic carbocycles. The molecule has 0 saturated heterocycles. The fraction of sp³-hybridized carbons (Fsp3) is 0.280. The Hall–Kier alpha value is -1.77. The van der Waals surface area contributed by atoms with Crippen molar-refractivity contribution in [3.05, 3.63) is 112 Å². The number of aryl methyl sites for hydroxylation is 1. The topological polar surface area (TPSA) is 74.3 Å². The van der Waals surface area contributed by atoms with E-state index < -0.39 is 27.6 Å². The van der Waals surface area contributed by atoms with Gasteiger partial charge in [-0.05, 0) is 24.0 Å². The molecule has 0 amide bonds. The second-order valence-corrected chi connectivity index (χ2v) is 9.51. The first-order valence-corrected chi connectivity index (χ1v) is 14.2. The Morgan fingerprint density at radius 1 is 0.800 bits per heavy atom. The molecule has 0 saturated carbocycles. The van der Waals surface area contributed by atoms with E-state index >= 15 is 0 Å². The van der Waals surface area contributed by atoms with Crippen molar-refractivity contribution in [2.24, 2.45) is 5.73 Å². The second kappa shape index (κ2) is 14.7. The van der Waals surface area contributed by atoms with Crippen LogP contribution in [0.5, 0.6) is 0 Å². The van der Waals surface area contributed by atoms with Crippen molar-refractivity contribution in [2.45, 2.75) is 44.3 Å². The van der Waals surface area contributed by atoms with Crippen molar-refractivity contribution in [1.82, 2.24) is 0 Å². The van der Waals surface area contributed by atoms with E-state index in [1.807, 2.05) is 17.3 Å². The van der Waals surface area contributed by atoms with Crippen molar-refractivity contribution in [1.29, 1.82) is 0 Å². The third-order valence-corrected chi connectivity index (χ3v) is 6.04. The third kappa shape index (κ3) is 10.0. The van der Waals surface area contributed by atoms with Crippen LogP contribution in [0.15, 0.2) is 84.9 Å². The molecule has 2 N–H and O–H groups in total. The van der Waals surface area contributed by atoms with Gasteiger partial charge in [0, 0.05) is 6.04 Å². The number of halogens is 4.